The largest absolute Gasteiger partial charge is 0.462 e. The van der Waals surface area contributed by atoms with E-state index < -0.39 is 6.10 Å². The quantitative estimate of drug-likeness (QED) is 0.0261. The van der Waals surface area contributed by atoms with E-state index >= 15 is 0 Å². The van der Waals surface area contributed by atoms with Crippen molar-refractivity contribution in [3.63, 3.8) is 0 Å². The Kier molecular flexibility index (Phi) is 57.2. The van der Waals surface area contributed by atoms with Gasteiger partial charge in [0.1, 0.15) is 13.2 Å². The Balaban J connectivity index is 4.31. The molecule has 0 aromatic rings. The first-order chi connectivity index (χ1) is 34.5. The fraction of sp³-hybridized carbons (Fsp3) is 0.859. The van der Waals surface area contributed by atoms with Gasteiger partial charge in [-0.25, -0.2) is 0 Å². The Morgan fingerprint density at radius 1 is 0.300 bits per heavy atom. The highest BCUT2D eigenvalue weighted by Gasteiger charge is 2.19. The van der Waals surface area contributed by atoms with Gasteiger partial charge in [0.25, 0.3) is 0 Å². The van der Waals surface area contributed by atoms with E-state index in [0.717, 1.165) is 70.6 Å². The first-order valence-electron chi connectivity index (χ1n) is 31.0. The topological polar surface area (TPSA) is 78.9 Å². The number of esters is 3. The van der Waals surface area contributed by atoms with Crippen molar-refractivity contribution >= 4 is 17.9 Å². The Hall–Kier alpha value is -2.37. The number of carbonyl (C=O) groups excluding carboxylic acids is 3. The van der Waals surface area contributed by atoms with E-state index in [4.69, 9.17) is 14.2 Å². The van der Waals surface area contributed by atoms with Gasteiger partial charge in [0, 0.05) is 19.3 Å². The molecule has 410 valence electrons. The number of ether oxygens (including phenoxy) is 3. The lowest BCUT2D eigenvalue weighted by molar-refractivity contribution is -0.167. The normalized spacial score (nSPS) is 12.2. The molecule has 0 fully saturated rings. The number of rotatable bonds is 57. The predicted molar refractivity (Wildman–Crippen MR) is 302 cm³/mol. The second-order valence-electron chi connectivity index (χ2n) is 21.0. The minimum absolute atomic E-state index is 0.0705. The average Bonchev–Trinajstić information content (AvgIpc) is 3.36. The van der Waals surface area contributed by atoms with Crippen molar-refractivity contribution in [2.45, 2.75) is 341 Å². The standard InChI is InChI=1S/C64H118O6/c1-4-7-10-13-16-19-22-25-28-30-32-34-36-39-42-45-48-51-54-57-63(66)69-60-61(59-68-62(65)56-53-50-47-44-41-38-35-27-24-21-18-15-12-9-6-3)70-64(67)58-55-52-49-46-43-40-37-33-31-29-26-23-20-17-14-11-8-5-2/h9,12,15,18,21,24,61H,4-8,10-11,13-14,16-17,19-20,22-23,25-60H2,1-3H3/b12-9-,18-15-,24-21-. The van der Waals surface area contributed by atoms with Crippen molar-refractivity contribution in [1.29, 1.82) is 0 Å². The van der Waals surface area contributed by atoms with Gasteiger partial charge in [0.15, 0.2) is 6.10 Å². The smallest absolute Gasteiger partial charge is 0.306 e. The summed E-state index contributed by atoms with van der Waals surface area (Å²) in [6.07, 6.45) is 71.4. The van der Waals surface area contributed by atoms with Crippen LogP contribution in [0.15, 0.2) is 36.5 Å². The molecule has 0 amide bonds. The highest BCUT2D eigenvalue weighted by molar-refractivity contribution is 5.71. The van der Waals surface area contributed by atoms with Crippen LogP contribution in [0.2, 0.25) is 0 Å². The molecule has 1 atom stereocenters. The van der Waals surface area contributed by atoms with Crippen molar-refractivity contribution in [3.05, 3.63) is 36.5 Å². The maximum Gasteiger partial charge on any atom is 0.306 e. The first kappa shape index (κ1) is 67.6. The number of carbonyl (C=O) groups is 3. The Morgan fingerprint density at radius 3 is 0.857 bits per heavy atom. The molecule has 0 saturated heterocycles. The molecule has 1 unspecified atom stereocenters. The average molecular weight is 984 g/mol. The van der Waals surface area contributed by atoms with Crippen LogP contribution in [-0.2, 0) is 28.6 Å². The molecule has 0 aliphatic heterocycles. The Bertz CT molecular complexity index is 1170. The van der Waals surface area contributed by atoms with Crippen LogP contribution in [0.1, 0.15) is 335 Å². The summed E-state index contributed by atoms with van der Waals surface area (Å²) in [5.41, 5.74) is 0. The molecule has 0 aromatic heterocycles. The van der Waals surface area contributed by atoms with Crippen LogP contribution in [-0.4, -0.2) is 37.2 Å². The zero-order chi connectivity index (χ0) is 50.7. The molecule has 0 radical (unpaired) electrons. The van der Waals surface area contributed by atoms with Crippen LogP contribution in [0.5, 0.6) is 0 Å². The lowest BCUT2D eigenvalue weighted by atomic mass is 10.0. The van der Waals surface area contributed by atoms with E-state index in [9.17, 15) is 14.4 Å². The predicted octanol–water partition coefficient (Wildman–Crippen LogP) is 20.8. The molecule has 0 saturated carbocycles. The molecular formula is C64H118O6. The van der Waals surface area contributed by atoms with Gasteiger partial charge in [-0.3, -0.25) is 14.4 Å². The van der Waals surface area contributed by atoms with E-state index in [-0.39, 0.29) is 31.1 Å². The van der Waals surface area contributed by atoms with Crippen LogP contribution in [0, 0.1) is 0 Å². The Labute approximate surface area is 435 Å². The number of hydrogen-bond acceptors (Lipinski definition) is 6. The first-order valence-corrected chi connectivity index (χ1v) is 31.0. The highest BCUT2D eigenvalue weighted by atomic mass is 16.6. The molecule has 0 aliphatic carbocycles. The zero-order valence-electron chi connectivity index (χ0n) is 47.1. The summed E-state index contributed by atoms with van der Waals surface area (Å²) < 4.78 is 16.9. The van der Waals surface area contributed by atoms with Crippen molar-refractivity contribution < 1.29 is 28.6 Å². The lowest BCUT2D eigenvalue weighted by Gasteiger charge is -2.18. The van der Waals surface area contributed by atoms with Gasteiger partial charge >= 0.3 is 17.9 Å². The van der Waals surface area contributed by atoms with E-state index in [2.05, 4.69) is 57.2 Å². The molecular weight excluding hydrogens is 865 g/mol. The summed E-state index contributed by atoms with van der Waals surface area (Å²) in [5, 5.41) is 0. The van der Waals surface area contributed by atoms with Crippen LogP contribution >= 0.6 is 0 Å². The van der Waals surface area contributed by atoms with E-state index in [0.29, 0.717) is 19.3 Å². The molecule has 6 heteroatoms. The monoisotopic (exact) mass is 983 g/mol. The summed E-state index contributed by atoms with van der Waals surface area (Å²) in [6, 6.07) is 0. The van der Waals surface area contributed by atoms with E-state index in [1.165, 1.54) is 225 Å². The van der Waals surface area contributed by atoms with Crippen molar-refractivity contribution in [3.8, 4) is 0 Å². The number of allylic oxidation sites excluding steroid dienone is 6. The minimum atomic E-state index is -0.773. The highest BCUT2D eigenvalue weighted by Crippen LogP contribution is 2.18. The summed E-state index contributed by atoms with van der Waals surface area (Å²) in [7, 11) is 0. The third kappa shape index (κ3) is 56.5. The summed E-state index contributed by atoms with van der Waals surface area (Å²) in [5.74, 6) is -0.858. The fourth-order valence-electron chi connectivity index (χ4n) is 9.33. The second kappa shape index (κ2) is 59.2. The molecule has 0 aromatic carbocycles. The Morgan fingerprint density at radius 2 is 0.557 bits per heavy atom. The van der Waals surface area contributed by atoms with E-state index in [1.807, 2.05) is 0 Å². The number of hydrogen-bond donors (Lipinski definition) is 0. The van der Waals surface area contributed by atoms with Gasteiger partial charge in [-0.05, 0) is 38.5 Å². The van der Waals surface area contributed by atoms with Gasteiger partial charge in [0.05, 0.1) is 0 Å². The molecule has 0 spiro atoms. The van der Waals surface area contributed by atoms with Gasteiger partial charge in [-0.15, -0.1) is 0 Å². The molecule has 0 rings (SSSR count). The molecule has 0 heterocycles. The maximum atomic E-state index is 12.9. The molecule has 0 N–H and O–H groups in total. The lowest BCUT2D eigenvalue weighted by Crippen LogP contribution is -2.30. The van der Waals surface area contributed by atoms with Crippen molar-refractivity contribution in [2.24, 2.45) is 0 Å². The van der Waals surface area contributed by atoms with E-state index in [1.54, 1.807) is 0 Å². The van der Waals surface area contributed by atoms with Crippen molar-refractivity contribution in [2.75, 3.05) is 13.2 Å². The van der Waals surface area contributed by atoms with Crippen LogP contribution in [0.3, 0.4) is 0 Å². The third-order valence-electron chi connectivity index (χ3n) is 14.0. The van der Waals surface area contributed by atoms with Crippen LogP contribution in [0.25, 0.3) is 0 Å². The van der Waals surface area contributed by atoms with Gasteiger partial charge < -0.3 is 14.2 Å². The molecule has 0 aliphatic rings. The summed E-state index contributed by atoms with van der Waals surface area (Å²) in [6.45, 7) is 6.57. The molecule has 6 nitrogen and oxygen atoms in total. The zero-order valence-corrected chi connectivity index (χ0v) is 47.1. The van der Waals surface area contributed by atoms with Crippen molar-refractivity contribution in [1.82, 2.24) is 0 Å². The van der Waals surface area contributed by atoms with Gasteiger partial charge in [-0.1, -0.05) is 314 Å². The maximum absolute atomic E-state index is 12.9. The van der Waals surface area contributed by atoms with Gasteiger partial charge in [-0.2, -0.15) is 0 Å². The van der Waals surface area contributed by atoms with Gasteiger partial charge in [0.2, 0.25) is 0 Å². The summed E-state index contributed by atoms with van der Waals surface area (Å²) >= 11 is 0. The SMILES string of the molecule is CC\C=C/C=C\C=C/CCCCCCCCCC(=O)OCC(COC(=O)CCCCCCCCCCCCCCCCCCCCC)OC(=O)CCCCCCCCCCCCCCCCCCCC. The fourth-order valence-corrected chi connectivity index (χ4v) is 9.33. The third-order valence-corrected chi connectivity index (χ3v) is 14.0. The second-order valence-corrected chi connectivity index (χ2v) is 21.0. The molecule has 0 bridgehead atoms. The van der Waals surface area contributed by atoms with Crippen LogP contribution < -0.4 is 0 Å². The minimum Gasteiger partial charge on any atom is -0.462 e. The van der Waals surface area contributed by atoms with Crippen LogP contribution in [0.4, 0.5) is 0 Å². The molecule has 70 heavy (non-hydrogen) atoms. The number of unbranched alkanes of at least 4 members (excludes halogenated alkanes) is 42. The summed E-state index contributed by atoms with van der Waals surface area (Å²) in [4.78, 5) is 38.3.